The van der Waals surface area contributed by atoms with Gasteiger partial charge in [0.25, 0.3) is 0 Å². The monoisotopic (exact) mass is 305 g/mol. The molecule has 6 nitrogen and oxygen atoms in total. The molecule has 1 unspecified atom stereocenters. The third kappa shape index (κ3) is 5.25. The second-order valence-electron chi connectivity index (χ2n) is 3.95. The minimum Gasteiger partial charge on any atom is -0.369 e. The van der Waals surface area contributed by atoms with Crippen molar-refractivity contribution >= 4 is 26.6 Å². The summed E-state index contributed by atoms with van der Waals surface area (Å²) in [4.78, 5) is 4.15. The minimum atomic E-state index is -3.63. The number of nitrogens with one attached hydrogen (secondary N) is 2. The van der Waals surface area contributed by atoms with E-state index in [1.54, 1.807) is 6.07 Å². The van der Waals surface area contributed by atoms with Crippen LogP contribution in [0.2, 0.25) is 0 Å². The van der Waals surface area contributed by atoms with Gasteiger partial charge in [0.1, 0.15) is 10.7 Å². The van der Waals surface area contributed by atoms with Crippen LogP contribution in [0.4, 0.5) is 5.82 Å². The molecule has 1 heterocycles. The lowest BCUT2D eigenvalue weighted by atomic mass is 10.4. The van der Waals surface area contributed by atoms with E-state index in [0.29, 0.717) is 12.4 Å². The van der Waals surface area contributed by atoms with Crippen molar-refractivity contribution in [3.63, 3.8) is 0 Å². The zero-order chi connectivity index (χ0) is 14.3. The fourth-order valence-corrected chi connectivity index (χ4v) is 3.06. The van der Waals surface area contributed by atoms with Gasteiger partial charge in [-0.3, -0.25) is 4.21 Å². The molecule has 0 saturated heterocycles. The molecule has 0 spiro atoms. The molecule has 1 aromatic heterocycles. The molecule has 0 bridgehead atoms. The molecular weight excluding hydrogens is 286 g/mol. The van der Waals surface area contributed by atoms with Crippen LogP contribution in [0.15, 0.2) is 23.2 Å². The van der Waals surface area contributed by atoms with Gasteiger partial charge < -0.3 is 5.32 Å². The maximum Gasteiger partial charge on any atom is 0.244 e. The zero-order valence-electron chi connectivity index (χ0n) is 11.0. The van der Waals surface area contributed by atoms with Crippen LogP contribution in [0.25, 0.3) is 0 Å². The standard InChI is InChI=1S/C11H19N3O3S2/c1-3-6-12-11-10(5-4-7-13-11)19(16,17)14-8-9-18(2)15/h4-5,7,14H,3,6,8-9H2,1-2H3,(H,12,13). The number of aromatic nitrogens is 1. The molecule has 8 heteroatoms. The second-order valence-corrected chi connectivity index (χ2v) is 7.24. The van der Waals surface area contributed by atoms with Crippen molar-refractivity contribution in [3.8, 4) is 0 Å². The van der Waals surface area contributed by atoms with Gasteiger partial charge in [-0.2, -0.15) is 0 Å². The Morgan fingerprint density at radius 1 is 1.37 bits per heavy atom. The topological polar surface area (TPSA) is 88.2 Å². The predicted octanol–water partition coefficient (Wildman–Crippen LogP) is 0.560. The van der Waals surface area contributed by atoms with Crippen molar-refractivity contribution in [3.05, 3.63) is 18.3 Å². The molecule has 2 N–H and O–H groups in total. The van der Waals surface area contributed by atoms with Crippen molar-refractivity contribution < 1.29 is 12.6 Å². The highest BCUT2D eigenvalue weighted by molar-refractivity contribution is 7.89. The lowest BCUT2D eigenvalue weighted by Gasteiger charge is -2.11. The first kappa shape index (κ1) is 16.1. The molecule has 0 saturated carbocycles. The van der Waals surface area contributed by atoms with Gasteiger partial charge in [0.05, 0.1) is 0 Å². The fraction of sp³-hybridized carbons (Fsp3) is 0.545. The van der Waals surface area contributed by atoms with E-state index in [-0.39, 0.29) is 17.2 Å². The number of hydrogen-bond donors (Lipinski definition) is 2. The number of sulfonamides is 1. The molecule has 0 aliphatic carbocycles. The number of rotatable bonds is 8. The van der Waals surface area contributed by atoms with Crippen LogP contribution in [0, 0.1) is 0 Å². The Bertz CT molecular complexity index is 532. The Balaban J connectivity index is 2.84. The molecule has 0 aromatic carbocycles. The van der Waals surface area contributed by atoms with Gasteiger partial charge in [-0.15, -0.1) is 0 Å². The third-order valence-corrected chi connectivity index (χ3v) is 4.56. The van der Waals surface area contributed by atoms with Gasteiger partial charge in [-0.05, 0) is 18.6 Å². The lowest BCUT2D eigenvalue weighted by Crippen LogP contribution is -2.28. The quantitative estimate of drug-likeness (QED) is 0.733. The van der Waals surface area contributed by atoms with E-state index in [2.05, 4.69) is 15.0 Å². The molecular formula is C11H19N3O3S2. The summed E-state index contributed by atoms with van der Waals surface area (Å²) in [5.74, 6) is 0.631. The van der Waals surface area contributed by atoms with Crippen molar-refractivity contribution in [1.29, 1.82) is 0 Å². The molecule has 19 heavy (non-hydrogen) atoms. The second kappa shape index (κ2) is 7.56. The summed E-state index contributed by atoms with van der Waals surface area (Å²) in [6.45, 7) is 2.78. The van der Waals surface area contributed by atoms with Crippen molar-refractivity contribution in [2.75, 3.05) is 30.4 Å². The maximum absolute atomic E-state index is 12.1. The van der Waals surface area contributed by atoms with E-state index in [1.165, 1.54) is 18.5 Å². The summed E-state index contributed by atoms with van der Waals surface area (Å²) in [6, 6.07) is 3.07. The summed E-state index contributed by atoms with van der Waals surface area (Å²) < 4.78 is 37.6. The largest absolute Gasteiger partial charge is 0.369 e. The molecule has 0 aliphatic heterocycles. The summed E-state index contributed by atoms with van der Waals surface area (Å²) in [5, 5.41) is 2.98. The Kier molecular flexibility index (Phi) is 6.40. The molecule has 0 radical (unpaired) electrons. The van der Waals surface area contributed by atoms with Crippen LogP contribution in [-0.4, -0.2) is 42.7 Å². The van der Waals surface area contributed by atoms with Gasteiger partial charge in [0.2, 0.25) is 10.0 Å². The van der Waals surface area contributed by atoms with Crippen LogP contribution >= 0.6 is 0 Å². The molecule has 108 valence electrons. The van der Waals surface area contributed by atoms with Crippen LogP contribution in [0.3, 0.4) is 0 Å². The third-order valence-electron chi connectivity index (χ3n) is 2.28. The number of nitrogens with zero attached hydrogens (tertiary/aromatic N) is 1. The predicted molar refractivity (Wildman–Crippen MR) is 77.1 cm³/mol. The first-order valence-electron chi connectivity index (χ1n) is 5.96. The zero-order valence-corrected chi connectivity index (χ0v) is 12.7. The van der Waals surface area contributed by atoms with Gasteiger partial charge >= 0.3 is 0 Å². The average Bonchev–Trinajstić information content (AvgIpc) is 2.36. The van der Waals surface area contributed by atoms with Crippen LogP contribution in [0.1, 0.15) is 13.3 Å². The van der Waals surface area contributed by atoms with Crippen LogP contribution in [0.5, 0.6) is 0 Å². The van der Waals surface area contributed by atoms with Crippen molar-refractivity contribution in [2.45, 2.75) is 18.2 Å². The highest BCUT2D eigenvalue weighted by Gasteiger charge is 2.18. The molecule has 0 fully saturated rings. The van der Waals surface area contributed by atoms with E-state index in [1.807, 2.05) is 6.92 Å². The van der Waals surface area contributed by atoms with Gasteiger partial charge in [0, 0.05) is 42.1 Å². The summed E-state index contributed by atoms with van der Waals surface area (Å²) in [5.41, 5.74) is 0. The molecule has 0 amide bonds. The summed E-state index contributed by atoms with van der Waals surface area (Å²) >= 11 is 0. The van der Waals surface area contributed by atoms with E-state index >= 15 is 0 Å². The smallest absolute Gasteiger partial charge is 0.244 e. The maximum atomic E-state index is 12.1. The fourth-order valence-electron chi connectivity index (χ4n) is 1.38. The number of pyridine rings is 1. The van der Waals surface area contributed by atoms with Crippen molar-refractivity contribution in [2.24, 2.45) is 0 Å². The van der Waals surface area contributed by atoms with E-state index in [4.69, 9.17) is 0 Å². The summed E-state index contributed by atoms with van der Waals surface area (Å²) in [6.07, 6.45) is 3.95. The normalized spacial score (nSPS) is 13.2. The van der Waals surface area contributed by atoms with Crippen LogP contribution < -0.4 is 10.0 Å². The Labute approximate surface area is 116 Å². The van der Waals surface area contributed by atoms with Gasteiger partial charge in [0.15, 0.2) is 0 Å². The lowest BCUT2D eigenvalue weighted by molar-refractivity contribution is 0.584. The Hall–Kier alpha value is -0.990. The number of hydrogen-bond acceptors (Lipinski definition) is 5. The molecule has 1 aromatic rings. The Morgan fingerprint density at radius 3 is 2.74 bits per heavy atom. The average molecular weight is 305 g/mol. The van der Waals surface area contributed by atoms with E-state index in [0.717, 1.165) is 6.42 Å². The van der Waals surface area contributed by atoms with Crippen LogP contribution in [-0.2, 0) is 20.8 Å². The molecule has 0 aliphatic rings. The van der Waals surface area contributed by atoms with E-state index in [9.17, 15) is 12.6 Å². The van der Waals surface area contributed by atoms with Gasteiger partial charge in [-0.1, -0.05) is 6.92 Å². The SMILES string of the molecule is CCCNc1ncccc1S(=O)(=O)NCCS(C)=O. The van der Waals surface area contributed by atoms with E-state index < -0.39 is 20.8 Å². The number of anilines is 1. The first-order valence-corrected chi connectivity index (χ1v) is 9.17. The highest BCUT2D eigenvalue weighted by atomic mass is 32.2. The first-order chi connectivity index (χ1) is 8.97. The molecule has 1 rings (SSSR count). The summed E-state index contributed by atoms with van der Waals surface area (Å²) in [7, 11) is -4.65. The van der Waals surface area contributed by atoms with Gasteiger partial charge in [-0.25, -0.2) is 18.1 Å². The highest BCUT2D eigenvalue weighted by Crippen LogP contribution is 2.17. The Morgan fingerprint density at radius 2 is 2.11 bits per heavy atom. The van der Waals surface area contributed by atoms with Crippen molar-refractivity contribution in [1.82, 2.24) is 9.71 Å². The molecule has 1 atom stereocenters. The minimum absolute atomic E-state index is 0.116.